The zero-order valence-corrected chi connectivity index (χ0v) is 22.2. The van der Waals surface area contributed by atoms with E-state index in [-0.39, 0.29) is 0 Å². The fourth-order valence-corrected chi connectivity index (χ4v) is 3.97. The van der Waals surface area contributed by atoms with Gasteiger partial charge in [-0.25, -0.2) is 18.3 Å². The summed E-state index contributed by atoms with van der Waals surface area (Å²) in [6.45, 7) is 1.53. The van der Waals surface area contributed by atoms with E-state index >= 15 is 0 Å². The van der Waals surface area contributed by atoms with Crippen molar-refractivity contribution in [1.82, 2.24) is 9.13 Å². The molecular formula is C28H36N8O+2. The number of ether oxygens (including phenoxy) is 1. The van der Waals surface area contributed by atoms with Crippen LogP contribution in [0.25, 0.3) is 0 Å². The Labute approximate surface area is 218 Å². The SMILES string of the molecule is Cn1cc[n+](C)c1N=Nc1ccc(CCCOCCCc2ccc(N=Nc3n(C)cc[n+]3C)cc2)cc1. The molecule has 4 aromatic rings. The van der Waals surface area contributed by atoms with Crippen molar-refractivity contribution in [2.24, 2.45) is 48.6 Å². The number of hydrogen-bond donors (Lipinski definition) is 0. The molecule has 2 heterocycles. The maximum Gasteiger partial charge on any atom is 0.421 e. The molecule has 0 unspecified atom stereocenters. The minimum absolute atomic E-state index is 0.765. The Morgan fingerprint density at radius 1 is 0.622 bits per heavy atom. The molecule has 37 heavy (non-hydrogen) atoms. The van der Waals surface area contributed by atoms with E-state index in [0.29, 0.717) is 0 Å². The van der Waals surface area contributed by atoms with Crippen molar-refractivity contribution < 1.29 is 13.9 Å². The van der Waals surface area contributed by atoms with Crippen molar-refractivity contribution in [3.63, 3.8) is 0 Å². The second-order valence-electron chi connectivity index (χ2n) is 9.19. The molecule has 0 bridgehead atoms. The third-order valence-electron chi connectivity index (χ3n) is 6.18. The van der Waals surface area contributed by atoms with Crippen molar-refractivity contribution in [1.29, 1.82) is 0 Å². The molecule has 0 spiro atoms. The molecule has 2 aromatic carbocycles. The Morgan fingerprint density at radius 3 is 1.38 bits per heavy atom. The largest absolute Gasteiger partial charge is 0.421 e. The lowest BCUT2D eigenvalue weighted by molar-refractivity contribution is -0.657. The first-order valence-corrected chi connectivity index (χ1v) is 12.6. The zero-order valence-electron chi connectivity index (χ0n) is 22.2. The van der Waals surface area contributed by atoms with Gasteiger partial charge in [-0.2, -0.15) is 0 Å². The molecule has 2 aromatic heterocycles. The quantitative estimate of drug-likeness (QED) is 0.145. The van der Waals surface area contributed by atoms with Crippen molar-refractivity contribution in [3.05, 3.63) is 84.4 Å². The van der Waals surface area contributed by atoms with E-state index in [4.69, 9.17) is 4.74 Å². The summed E-state index contributed by atoms with van der Waals surface area (Å²) in [5, 5.41) is 17.4. The summed E-state index contributed by atoms with van der Waals surface area (Å²) in [4.78, 5) is 0. The van der Waals surface area contributed by atoms with E-state index in [0.717, 1.165) is 62.2 Å². The molecule has 0 atom stereocenters. The van der Waals surface area contributed by atoms with Crippen LogP contribution in [0.15, 0.2) is 93.8 Å². The number of azo groups is 2. The van der Waals surface area contributed by atoms with Crippen LogP contribution in [-0.4, -0.2) is 22.3 Å². The summed E-state index contributed by atoms with van der Waals surface area (Å²) in [6.07, 6.45) is 11.8. The van der Waals surface area contributed by atoms with E-state index in [9.17, 15) is 0 Å². The molecule has 0 aliphatic heterocycles. The fourth-order valence-electron chi connectivity index (χ4n) is 3.97. The highest BCUT2D eigenvalue weighted by molar-refractivity contribution is 5.39. The van der Waals surface area contributed by atoms with Gasteiger partial charge < -0.3 is 4.74 Å². The molecule has 0 fully saturated rings. The fraction of sp³-hybridized carbons (Fsp3) is 0.357. The number of benzene rings is 2. The molecule has 0 amide bonds. The summed E-state index contributed by atoms with van der Waals surface area (Å²) in [5.41, 5.74) is 4.26. The first kappa shape index (κ1) is 26.1. The standard InChI is InChI=1S/C28H36N8O/c1-33-17-18-34(2)27(33)31-29-25-13-9-23(10-14-25)7-5-21-37-22-6-8-24-11-15-26(16-12-24)30-32-28-35(3)19-20-36(28)4/h9-20H,5-8,21-22H2,1-4H3/q+2. The predicted molar refractivity (Wildman–Crippen MR) is 142 cm³/mol. The second kappa shape index (κ2) is 12.8. The molecule has 0 N–H and O–H groups in total. The van der Waals surface area contributed by atoms with Gasteiger partial charge in [0.2, 0.25) is 0 Å². The van der Waals surface area contributed by atoms with E-state index in [1.165, 1.54) is 11.1 Å². The summed E-state index contributed by atoms with van der Waals surface area (Å²) in [6, 6.07) is 16.5. The highest BCUT2D eigenvalue weighted by Crippen LogP contribution is 2.18. The van der Waals surface area contributed by atoms with E-state index < -0.39 is 0 Å². The van der Waals surface area contributed by atoms with Gasteiger partial charge in [0, 0.05) is 23.4 Å². The maximum atomic E-state index is 5.85. The van der Waals surface area contributed by atoms with E-state index in [1.807, 2.05) is 95.5 Å². The lowest BCUT2D eigenvalue weighted by Crippen LogP contribution is -2.25. The van der Waals surface area contributed by atoms with Gasteiger partial charge in [-0.15, -0.1) is 0 Å². The maximum absolute atomic E-state index is 5.85. The third-order valence-corrected chi connectivity index (χ3v) is 6.18. The summed E-state index contributed by atoms with van der Waals surface area (Å²) >= 11 is 0. The van der Waals surface area contributed by atoms with Gasteiger partial charge in [0.05, 0.1) is 53.0 Å². The first-order chi connectivity index (χ1) is 18.0. The van der Waals surface area contributed by atoms with Crippen molar-refractivity contribution in [2.75, 3.05) is 13.2 Å². The van der Waals surface area contributed by atoms with Gasteiger partial charge >= 0.3 is 11.9 Å². The Kier molecular flexibility index (Phi) is 9.04. The Morgan fingerprint density at radius 2 is 1.03 bits per heavy atom. The minimum Gasteiger partial charge on any atom is -0.381 e. The molecule has 0 saturated carbocycles. The Bertz CT molecular complexity index is 1190. The number of imidazole rings is 2. The number of rotatable bonds is 12. The summed E-state index contributed by atoms with van der Waals surface area (Å²) in [5.74, 6) is 1.61. The molecule has 0 radical (unpaired) electrons. The van der Waals surface area contributed by atoms with Crippen molar-refractivity contribution in [2.45, 2.75) is 25.7 Å². The van der Waals surface area contributed by atoms with Gasteiger partial charge in [-0.3, -0.25) is 0 Å². The topological polar surface area (TPSA) is 76.3 Å². The molecule has 0 saturated heterocycles. The van der Waals surface area contributed by atoms with Crippen LogP contribution in [-0.2, 0) is 45.8 Å². The molecular weight excluding hydrogens is 464 g/mol. The van der Waals surface area contributed by atoms with Crippen LogP contribution in [0.1, 0.15) is 24.0 Å². The van der Waals surface area contributed by atoms with Crippen LogP contribution >= 0.6 is 0 Å². The van der Waals surface area contributed by atoms with Crippen LogP contribution in [0.4, 0.5) is 23.3 Å². The van der Waals surface area contributed by atoms with Crippen molar-refractivity contribution in [3.8, 4) is 0 Å². The monoisotopic (exact) mass is 500 g/mol. The minimum atomic E-state index is 0.765. The molecule has 0 aliphatic rings. The number of aromatic nitrogens is 4. The lowest BCUT2D eigenvalue weighted by Gasteiger charge is -2.05. The van der Waals surface area contributed by atoms with Gasteiger partial charge in [-0.1, -0.05) is 34.5 Å². The Balaban J connectivity index is 1.10. The number of hydrogen-bond acceptors (Lipinski definition) is 5. The van der Waals surface area contributed by atoms with Gasteiger partial charge in [0.25, 0.3) is 0 Å². The summed E-state index contributed by atoms with van der Waals surface area (Å²) in [7, 11) is 7.83. The van der Waals surface area contributed by atoms with Gasteiger partial charge in [0.15, 0.2) is 0 Å². The average molecular weight is 501 g/mol. The van der Waals surface area contributed by atoms with Crippen LogP contribution in [0.2, 0.25) is 0 Å². The van der Waals surface area contributed by atoms with Crippen LogP contribution in [0.5, 0.6) is 0 Å². The van der Waals surface area contributed by atoms with Crippen LogP contribution in [0.3, 0.4) is 0 Å². The molecule has 0 aliphatic carbocycles. The van der Waals surface area contributed by atoms with Crippen LogP contribution in [0, 0.1) is 0 Å². The molecule has 192 valence electrons. The smallest absolute Gasteiger partial charge is 0.381 e. The average Bonchev–Trinajstić information content (AvgIpc) is 3.41. The summed E-state index contributed by atoms with van der Waals surface area (Å²) < 4.78 is 13.6. The van der Waals surface area contributed by atoms with Gasteiger partial charge in [-0.05, 0) is 61.1 Å². The van der Waals surface area contributed by atoms with Crippen LogP contribution < -0.4 is 9.13 Å². The predicted octanol–water partition coefficient (Wildman–Crippen LogP) is 5.43. The molecule has 9 nitrogen and oxygen atoms in total. The van der Waals surface area contributed by atoms with E-state index in [1.54, 1.807) is 0 Å². The van der Waals surface area contributed by atoms with E-state index in [2.05, 4.69) is 44.7 Å². The van der Waals surface area contributed by atoms with Gasteiger partial charge in [0.1, 0.15) is 11.4 Å². The molecule has 9 heteroatoms. The highest BCUT2D eigenvalue weighted by Gasteiger charge is 2.11. The third kappa shape index (κ3) is 7.50. The molecule has 4 rings (SSSR count). The number of nitrogens with zero attached hydrogens (tertiary/aromatic N) is 8. The zero-order chi connectivity index (χ0) is 26.0. The lowest BCUT2D eigenvalue weighted by atomic mass is 10.1. The highest BCUT2D eigenvalue weighted by atomic mass is 16.5. The number of aryl methyl sites for hydroxylation is 6. The second-order valence-corrected chi connectivity index (χ2v) is 9.19. The normalized spacial score (nSPS) is 11.8. The first-order valence-electron chi connectivity index (χ1n) is 12.6. The Hall–Kier alpha value is -3.98. The van der Waals surface area contributed by atoms with Crippen molar-refractivity contribution >= 4 is 23.3 Å².